The molecule has 0 aliphatic carbocycles. The van der Waals surface area contributed by atoms with Crippen LogP contribution in [0.2, 0.25) is 0 Å². The summed E-state index contributed by atoms with van der Waals surface area (Å²) in [7, 11) is 1.54. The fraction of sp³-hybridized carbons (Fsp3) is 0.333. The number of phenols is 1. The van der Waals surface area contributed by atoms with Crippen LogP contribution in [0.25, 0.3) is 0 Å². The monoisotopic (exact) mass is 273 g/mol. The van der Waals surface area contributed by atoms with Crippen molar-refractivity contribution in [3.05, 3.63) is 47.5 Å². The predicted molar refractivity (Wildman–Crippen MR) is 76.7 cm³/mol. The summed E-state index contributed by atoms with van der Waals surface area (Å²) < 4.78 is 5.11. The molecule has 0 saturated heterocycles. The van der Waals surface area contributed by atoms with Crippen molar-refractivity contribution in [2.45, 2.75) is 26.4 Å². The third kappa shape index (κ3) is 3.45. The lowest BCUT2D eigenvalue weighted by molar-refractivity contribution is 0.372. The first kappa shape index (κ1) is 14.3. The van der Waals surface area contributed by atoms with Crippen LogP contribution < -0.4 is 10.1 Å². The van der Waals surface area contributed by atoms with Gasteiger partial charge in [0.05, 0.1) is 18.5 Å². The van der Waals surface area contributed by atoms with Crippen molar-refractivity contribution in [1.82, 2.24) is 15.3 Å². The summed E-state index contributed by atoms with van der Waals surface area (Å²) in [4.78, 5) is 8.52. The third-order valence-corrected chi connectivity index (χ3v) is 3.13. The van der Waals surface area contributed by atoms with Crippen molar-refractivity contribution in [1.29, 1.82) is 0 Å². The molecule has 2 aromatic rings. The molecule has 1 aromatic carbocycles. The van der Waals surface area contributed by atoms with Crippen molar-refractivity contribution in [3.8, 4) is 11.5 Å². The molecule has 0 aliphatic heterocycles. The van der Waals surface area contributed by atoms with Gasteiger partial charge in [0.2, 0.25) is 0 Å². The maximum absolute atomic E-state index is 9.59. The topological polar surface area (TPSA) is 67.3 Å². The van der Waals surface area contributed by atoms with Crippen LogP contribution in [0.15, 0.2) is 30.6 Å². The molecule has 0 radical (unpaired) electrons. The largest absolute Gasteiger partial charge is 0.504 e. The van der Waals surface area contributed by atoms with Crippen LogP contribution in [0.3, 0.4) is 0 Å². The van der Waals surface area contributed by atoms with Gasteiger partial charge in [-0.25, -0.2) is 0 Å². The zero-order valence-electron chi connectivity index (χ0n) is 11.9. The first-order valence-electron chi connectivity index (χ1n) is 6.48. The van der Waals surface area contributed by atoms with Crippen LogP contribution in [0.5, 0.6) is 11.5 Å². The molecule has 5 nitrogen and oxygen atoms in total. The van der Waals surface area contributed by atoms with E-state index in [0.29, 0.717) is 12.3 Å². The summed E-state index contributed by atoms with van der Waals surface area (Å²) >= 11 is 0. The summed E-state index contributed by atoms with van der Waals surface area (Å²) in [5.74, 6) is 0.624. The molecule has 106 valence electrons. The highest BCUT2D eigenvalue weighted by Crippen LogP contribution is 2.28. The highest BCUT2D eigenvalue weighted by Gasteiger charge is 2.09. The maximum Gasteiger partial charge on any atom is 0.160 e. The third-order valence-electron chi connectivity index (χ3n) is 3.13. The van der Waals surface area contributed by atoms with Gasteiger partial charge in [0.25, 0.3) is 0 Å². The number of benzene rings is 1. The van der Waals surface area contributed by atoms with Gasteiger partial charge in [0.15, 0.2) is 11.5 Å². The van der Waals surface area contributed by atoms with E-state index in [-0.39, 0.29) is 11.8 Å². The summed E-state index contributed by atoms with van der Waals surface area (Å²) in [5.41, 5.74) is 2.85. The fourth-order valence-corrected chi connectivity index (χ4v) is 1.85. The molecule has 0 spiro atoms. The van der Waals surface area contributed by atoms with E-state index in [4.69, 9.17) is 4.74 Å². The Labute approximate surface area is 118 Å². The predicted octanol–water partition coefficient (Wildman–Crippen LogP) is 2.35. The summed E-state index contributed by atoms with van der Waals surface area (Å²) in [5, 5.41) is 13.0. The van der Waals surface area contributed by atoms with E-state index in [1.807, 2.05) is 26.0 Å². The van der Waals surface area contributed by atoms with Crippen LogP contribution in [0.1, 0.15) is 29.9 Å². The second-order valence-electron chi connectivity index (χ2n) is 4.68. The maximum atomic E-state index is 9.59. The molecule has 1 heterocycles. The number of nitrogens with one attached hydrogen (secondary N) is 1. The molecule has 2 rings (SSSR count). The van der Waals surface area contributed by atoms with Crippen molar-refractivity contribution in [2.24, 2.45) is 0 Å². The summed E-state index contributed by atoms with van der Waals surface area (Å²) in [6.45, 7) is 4.60. The summed E-state index contributed by atoms with van der Waals surface area (Å²) in [6, 6.07) is 5.45. The van der Waals surface area contributed by atoms with Gasteiger partial charge in [-0.05, 0) is 31.5 Å². The molecule has 0 saturated carbocycles. The molecule has 1 aromatic heterocycles. The molecule has 0 bridgehead atoms. The van der Waals surface area contributed by atoms with Gasteiger partial charge < -0.3 is 15.2 Å². The summed E-state index contributed by atoms with van der Waals surface area (Å²) in [6.07, 6.45) is 3.53. The molecule has 0 amide bonds. The van der Waals surface area contributed by atoms with Crippen molar-refractivity contribution < 1.29 is 9.84 Å². The lowest BCUT2D eigenvalue weighted by Gasteiger charge is -2.15. The number of methoxy groups -OCH3 is 1. The number of hydrogen-bond acceptors (Lipinski definition) is 5. The minimum absolute atomic E-state index is 0.118. The quantitative estimate of drug-likeness (QED) is 0.875. The van der Waals surface area contributed by atoms with Gasteiger partial charge in [0.1, 0.15) is 0 Å². The number of rotatable bonds is 5. The Balaban J connectivity index is 2.01. The number of phenolic OH excluding ortho intramolecular Hbond substituents is 1. The number of nitrogens with zero attached hydrogens (tertiary/aromatic N) is 2. The van der Waals surface area contributed by atoms with Gasteiger partial charge in [-0.15, -0.1) is 0 Å². The van der Waals surface area contributed by atoms with E-state index < -0.39 is 0 Å². The van der Waals surface area contributed by atoms with Gasteiger partial charge in [0, 0.05) is 25.0 Å². The standard InChI is InChI=1S/C15H19N3O2/c1-10-7-18-13(8-16-10)9-17-11(2)12-4-5-14(19)15(6-12)20-3/h4-8,11,17,19H,9H2,1-3H3. The SMILES string of the molecule is COc1cc(C(C)NCc2cnc(C)cn2)ccc1O. The van der Waals surface area contributed by atoms with Gasteiger partial charge in [-0.2, -0.15) is 0 Å². The lowest BCUT2D eigenvalue weighted by atomic mass is 10.1. The normalized spacial score (nSPS) is 12.2. The fourth-order valence-electron chi connectivity index (χ4n) is 1.85. The van der Waals surface area contributed by atoms with Crippen LogP contribution in [0.4, 0.5) is 0 Å². The Hall–Kier alpha value is -2.14. The Bertz CT molecular complexity index is 570. The highest BCUT2D eigenvalue weighted by atomic mass is 16.5. The average Bonchev–Trinajstić information content (AvgIpc) is 2.47. The molecule has 5 heteroatoms. The van der Waals surface area contributed by atoms with Crippen molar-refractivity contribution in [2.75, 3.05) is 7.11 Å². The minimum Gasteiger partial charge on any atom is -0.504 e. The number of hydrogen-bond donors (Lipinski definition) is 2. The Morgan fingerprint density at radius 1 is 1.30 bits per heavy atom. The van der Waals surface area contributed by atoms with Gasteiger partial charge in [-0.1, -0.05) is 6.07 Å². The zero-order chi connectivity index (χ0) is 14.5. The van der Waals surface area contributed by atoms with E-state index in [1.54, 1.807) is 25.6 Å². The lowest BCUT2D eigenvalue weighted by Crippen LogP contribution is -2.19. The van der Waals surface area contributed by atoms with E-state index in [1.165, 1.54) is 0 Å². The number of ether oxygens (including phenoxy) is 1. The first-order valence-corrected chi connectivity index (χ1v) is 6.48. The molecule has 0 fully saturated rings. The molecule has 1 unspecified atom stereocenters. The van der Waals surface area contributed by atoms with Crippen LogP contribution in [-0.4, -0.2) is 22.2 Å². The molecule has 2 N–H and O–H groups in total. The second-order valence-corrected chi connectivity index (χ2v) is 4.68. The highest BCUT2D eigenvalue weighted by molar-refractivity contribution is 5.42. The number of aromatic nitrogens is 2. The van der Waals surface area contributed by atoms with Crippen LogP contribution in [0, 0.1) is 6.92 Å². The number of aryl methyl sites for hydroxylation is 1. The molecule has 1 atom stereocenters. The Morgan fingerprint density at radius 3 is 2.75 bits per heavy atom. The van der Waals surface area contributed by atoms with E-state index in [2.05, 4.69) is 15.3 Å². The van der Waals surface area contributed by atoms with Crippen LogP contribution >= 0.6 is 0 Å². The Morgan fingerprint density at radius 2 is 2.10 bits per heavy atom. The zero-order valence-corrected chi connectivity index (χ0v) is 11.9. The van der Waals surface area contributed by atoms with Gasteiger partial charge in [-0.3, -0.25) is 9.97 Å². The molecular formula is C15H19N3O2. The molecular weight excluding hydrogens is 254 g/mol. The van der Waals surface area contributed by atoms with Crippen molar-refractivity contribution in [3.63, 3.8) is 0 Å². The minimum atomic E-state index is 0.118. The van der Waals surface area contributed by atoms with Gasteiger partial charge >= 0.3 is 0 Å². The smallest absolute Gasteiger partial charge is 0.160 e. The molecule has 0 aliphatic rings. The molecule has 20 heavy (non-hydrogen) atoms. The van der Waals surface area contributed by atoms with E-state index >= 15 is 0 Å². The van der Waals surface area contributed by atoms with E-state index in [0.717, 1.165) is 17.0 Å². The van der Waals surface area contributed by atoms with E-state index in [9.17, 15) is 5.11 Å². The van der Waals surface area contributed by atoms with Crippen molar-refractivity contribution >= 4 is 0 Å². The first-order chi connectivity index (χ1) is 9.60. The number of aromatic hydroxyl groups is 1. The second kappa shape index (κ2) is 6.34. The average molecular weight is 273 g/mol. The van der Waals surface area contributed by atoms with Crippen LogP contribution in [-0.2, 0) is 6.54 Å². The Kier molecular flexibility index (Phi) is 4.53.